The lowest BCUT2D eigenvalue weighted by Gasteiger charge is -2.24. The lowest BCUT2D eigenvalue weighted by atomic mass is 9.86. The van der Waals surface area contributed by atoms with E-state index in [0.717, 1.165) is 30.6 Å². The molecule has 2 aromatic carbocycles. The molecule has 1 saturated heterocycles. The molecule has 2 aromatic rings. The molecule has 1 aliphatic carbocycles. The van der Waals surface area contributed by atoms with Crippen molar-refractivity contribution in [3.63, 3.8) is 0 Å². The van der Waals surface area contributed by atoms with Gasteiger partial charge in [-0.2, -0.15) is 0 Å². The van der Waals surface area contributed by atoms with Gasteiger partial charge in [0.05, 0.1) is 31.8 Å². The predicted molar refractivity (Wildman–Crippen MR) is 101 cm³/mol. The fraction of sp³-hybridized carbons (Fsp3) is 0.409. The highest BCUT2D eigenvalue weighted by atomic mass is 16.7. The second kappa shape index (κ2) is 8.63. The van der Waals surface area contributed by atoms with Crippen LogP contribution in [0.4, 0.5) is 0 Å². The molecule has 6 heteroatoms. The van der Waals surface area contributed by atoms with Gasteiger partial charge in [-0.25, -0.2) is 0 Å². The predicted octanol–water partition coefficient (Wildman–Crippen LogP) is 4.03. The Morgan fingerprint density at radius 2 is 1.75 bits per heavy atom. The Morgan fingerprint density at radius 1 is 1.04 bits per heavy atom. The van der Waals surface area contributed by atoms with Gasteiger partial charge in [0.1, 0.15) is 23.9 Å². The Labute approximate surface area is 164 Å². The van der Waals surface area contributed by atoms with Crippen LogP contribution in [0, 0.1) is 5.92 Å². The van der Waals surface area contributed by atoms with E-state index in [2.05, 4.69) is 0 Å². The molecule has 28 heavy (non-hydrogen) atoms. The molecule has 0 amide bonds. The van der Waals surface area contributed by atoms with Gasteiger partial charge in [0.15, 0.2) is 6.29 Å². The third kappa shape index (κ3) is 4.13. The third-order valence-corrected chi connectivity index (χ3v) is 5.09. The summed E-state index contributed by atoms with van der Waals surface area (Å²) < 4.78 is 28.3. The van der Waals surface area contributed by atoms with E-state index in [0.29, 0.717) is 36.9 Å². The first-order valence-corrected chi connectivity index (χ1v) is 9.58. The standard InChI is InChI=1S/C22H24O6/c1-24-17-10-8-15(9-11-17)14-27-18-6-3-7-19(20(18)22-25-12-13-26-22)28-21(23)16-4-2-5-16/h3,6-11,16,22H,2,4-5,12-14H2,1H3. The Morgan fingerprint density at radius 3 is 2.39 bits per heavy atom. The molecule has 1 saturated carbocycles. The van der Waals surface area contributed by atoms with E-state index in [1.165, 1.54) is 0 Å². The maximum Gasteiger partial charge on any atom is 0.314 e. The highest BCUT2D eigenvalue weighted by Crippen LogP contribution is 2.40. The van der Waals surface area contributed by atoms with Gasteiger partial charge in [-0.3, -0.25) is 4.79 Å². The van der Waals surface area contributed by atoms with Crippen molar-refractivity contribution in [2.24, 2.45) is 5.92 Å². The molecule has 1 aliphatic heterocycles. The molecule has 2 aliphatic rings. The number of rotatable bonds is 7. The molecule has 0 spiro atoms. The second-order valence-electron chi connectivity index (χ2n) is 6.93. The average molecular weight is 384 g/mol. The maximum atomic E-state index is 12.4. The minimum absolute atomic E-state index is 0.0119. The highest BCUT2D eigenvalue weighted by Gasteiger charge is 2.31. The number of carbonyl (C=O) groups excluding carboxylic acids is 1. The van der Waals surface area contributed by atoms with Crippen molar-refractivity contribution in [1.82, 2.24) is 0 Å². The van der Waals surface area contributed by atoms with Crippen LogP contribution in [-0.4, -0.2) is 26.3 Å². The summed E-state index contributed by atoms with van der Waals surface area (Å²) in [5, 5.41) is 0. The van der Waals surface area contributed by atoms with Crippen LogP contribution < -0.4 is 14.2 Å². The molecule has 2 fully saturated rings. The van der Waals surface area contributed by atoms with E-state index in [9.17, 15) is 4.79 Å². The Balaban J connectivity index is 1.54. The van der Waals surface area contributed by atoms with Gasteiger partial charge in [-0.1, -0.05) is 24.6 Å². The lowest BCUT2D eigenvalue weighted by Crippen LogP contribution is -2.26. The maximum absolute atomic E-state index is 12.4. The number of hydrogen-bond acceptors (Lipinski definition) is 6. The quantitative estimate of drug-likeness (QED) is 0.531. The summed E-state index contributed by atoms with van der Waals surface area (Å²) in [4.78, 5) is 12.4. The van der Waals surface area contributed by atoms with E-state index in [4.69, 9.17) is 23.7 Å². The average Bonchev–Trinajstić information content (AvgIpc) is 3.19. The summed E-state index contributed by atoms with van der Waals surface area (Å²) in [5.74, 6) is 1.61. The molecule has 0 atom stereocenters. The van der Waals surface area contributed by atoms with Gasteiger partial charge < -0.3 is 23.7 Å². The van der Waals surface area contributed by atoms with E-state index in [-0.39, 0.29) is 11.9 Å². The molecular weight excluding hydrogens is 360 g/mol. The smallest absolute Gasteiger partial charge is 0.314 e. The first kappa shape index (κ1) is 18.8. The fourth-order valence-corrected chi connectivity index (χ4v) is 3.21. The number of benzene rings is 2. The van der Waals surface area contributed by atoms with E-state index in [1.54, 1.807) is 13.2 Å². The number of hydrogen-bond donors (Lipinski definition) is 0. The van der Waals surface area contributed by atoms with Crippen LogP contribution in [0.25, 0.3) is 0 Å². The molecule has 0 radical (unpaired) electrons. The first-order chi connectivity index (χ1) is 13.7. The third-order valence-electron chi connectivity index (χ3n) is 5.09. The molecular formula is C22H24O6. The number of methoxy groups -OCH3 is 1. The number of carbonyl (C=O) groups is 1. The Kier molecular flexibility index (Phi) is 5.78. The van der Waals surface area contributed by atoms with Crippen LogP contribution >= 0.6 is 0 Å². The van der Waals surface area contributed by atoms with Crippen molar-refractivity contribution < 1.29 is 28.5 Å². The van der Waals surface area contributed by atoms with Crippen LogP contribution in [0.15, 0.2) is 42.5 Å². The van der Waals surface area contributed by atoms with Gasteiger partial charge in [0, 0.05) is 0 Å². The summed E-state index contributed by atoms with van der Waals surface area (Å²) in [6.07, 6.45) is 2.25. The summed E-state index contributed by atoms with van der Waals surface area (Å²) in [6, 6.07) is 13.1. The van der Waals surface area contributed by atoms with Crippen LogP contribution in [0.1, 0.15) is 36.7 Å². The van der Waals surface area contributed by atoms with Gasteiger partial charge in [0.2, 0.25) is 0 Å². The Bertz CT molecular complexity index is 806. The van der Waals surface area contributed by atoms with Gasteiger partial charge in [-0.15, -0.1) is 0 Å². The summed E-state index contributed by atoms with van der Waals surface area (Å²) >= 11 is 0. The SMILES string of the molecule is COc1ccc(COc2cccc(OC(=O)C3CCC3)c2C2OCCO2)cc1. The Hall–Kier alpha value is -2.57. The normalized spacial score (nSPS) is 17.2. The molecule has 0 unspecified atom stereocenters. The second-order valence-corrected chi connectivity index (χ2v) is 6.93. The number of esters is 1. The molecule has 0 bridgehead atoms. The molecule has 6 nitrogen and oxygen atoms in total. The van der Waals surface area contributed by atoms with Crippen molar-refractivity contribution in [2.75, 3.05) is 20.3 Å². The van der Waals surface area contributed by atoms with Gasteiger partial charge in [0.25, 0.3) is 0 Å². The van der Waals surface area contributed by atoms with Gasteiger partial charge in [-0.05, 0) is 42.7 Å². The van der Waals surface area contributed by atoms with Crippen molar-refractivity contribution in [3.8, 4) is 17.2 Å². The molecule has 148 valence electrons. The largest absolute Gasteiger partial charge is 0.497 e. The van der Waals surface area contributed by atoms with E-state index in [1.807, 2.05) is 36.4 Å². The lowest BCUT2D eigenvalue weighted by molar-refractivity contribution is -0.141. The zero-order chi connectivity index (χ0) is 19.3. The molecule has 4 rings (SSSR count). The van der Waals surface area contributed by atoms with Crippen LogP contribution in [0.5, 0.6) is 17.2 Å². The van der Waals surface area contributed by atoms with Crippen LogP contribution in [-0.2, 0) is 20.9 Å². The van der Waals surface area contributed by atoms with E-state index < -0.39 is 6.29 Å². The van der Waals surface area contributed by atoms with Crippen molar-refractivity contribution in [3.05, 3.63) is 53.6 Å². The minimum Gasteiger partial charge on any atom is -0.497 e. The molecule has 1 heterocycles. The topological polar surface area (TPSA) is 63.2 Å². The zero-order valence-electron chi connectivity index (χ0n) is 15.9. The van der Waals surface area contributed by atoms with Gasteiger partial charge >= 0.3 is 5.97 Å². The summed E-state index contributed by atoms with van der Waals surface area (Å²) in [7, 11) is 1.63. The van der Waals surface area contributed by atoms with Crippen molar-refractivity contribution >= 4 is 5.97 Å². The first-order valence-electron chi connectivity index (χ1n) is 9.58. The molecule has 0 N–H and O–H groups in total. The molecule has 0 aromatic heterocycles. The number of ether oxygens (including phenoxy) is 5. The minimum atomic E-state index is -0.601. The monoisotopic (exact) mass is 384 g/mol. The highest BCUT2D eigenvalue weighted by molar-refractivity contribution is 5.76. The fourth-order valence-electron chi connectivity index (χ4n) is 3.21. The van der Waals surface area contributed by atoms with Crippen molar-refractivity contribution in [2.45, 2.75) is 32.2 Å². The van der Waals surface area contributed by atoms with Crippen molar-refractivity contribution in [1.29, 1.82) is 0 Å². The van der Waals surface area contributed by atoms with Crippen LogP contribution in [0.3, 0.4) is 0 Å². The summed E-state index contributed by atoms with van der Waals surface area (Å²) in [6.45, 7) is 1.35. The zero-order valence-corrected chi connectivity index (χ0v) is 15.9. The van der Waals surface area contributed by atoms with Crippen LogP contribution in [0.2, 0.25) is 0 Å². The summed E-state index contributed by atoms with van der Waals surface area (Å²) in [5.41, 5.74) is 1.62. The van der Waals surface area contributed by atoms with E-state index >= 15 is 0 Å².